The van der Waals surface area contributed by atoms with E-state index in [4.69, 9.17) is 4.74 Å². The molecule has 1 saturated carbocycles. The molecule has 1 aliphatic carbocycles. The van der Waals surface area contributed by atoms with Crippen molar-refractivity contribution in [1.82, 2.24) is 9.80 Å². The Morgan fingerprint density at radius 2 is 1.96 bits per heavy atom. The average Bonchev–Trinajstić information content (AvgIpc) is 3.29. The summed E-state index contributed by atoms with van der Waals surface area (Å²) in [4.78, 5) is 28.3. The number of hydrogen-bond donors (Lipinski definition) is 0. The van der Waals surface area contributed by atoms with Crippen LogP contribution >= 0.6 is 0 Å². The summed E-state index contributed by atoms with van der Waals surface area (Å²) in [5, 5.41) is 0. The lowest BCUT2D eigenvalue weighted by Gasteiger charge is -2.40. The number of rotatable bonds is 5. The van der Waals surface area contributed by atoms with Gasteiger partial charge in [-0.1, -0.05) is 24.3 Å². The Balaban J connectivity index is 1.23. The fraction of sp³-hybridized carbons (Fsp3) is 0.579. The third kappa shape index (κ3) is 3.05. The molecule has 0 aromatic heterocycles. The summed E-state index contributed by atoms with van der Waals surface area (Å²) in [6.45, 7) is 4.60. The Bertz CT molecular complexity index is 650. The topological polar surface area (TPSA) is 49.9 Å². The molecule has 1 aromatic rings. The van der Waals surface area contributed by atoms with Crippen LogP contribution in [0.4, 0.5) is 0 Å². The molecule has 0 spiro atoms. The van der Waals surface area contributed by atoms with E-state index in [1.807, 2.05) is 21.9 Å². The number of hydrogen-bond acceptors (Lipinski definition) is 3. The molecule has 2 amide bonds. The van der Waals surface area contributed by atoms with Crippen LogP contribution in [0.2, 0.25) is 0 Å². The summed E-state index contributed by atoms with van der Waals surface area (Å²) in [5.41, 5.74) is 2.43. The van der Waals surface area contributed by atoms with Gasteiger partial charge in [0.25, 0.3) is 0 Å². The van der Waals surface area contributed by atoms with Gasteiger partial charge in [-0.3, -0.25) is 9.59 Å². The van der Waals surface area contributed by atoms with Crippen molar-refractivity contribution in [2.45, 2.75) is 44.9 Å². The van der Waals surface area contributed by atoms with E-state index in [0.29, 0.717) is 38.7 Å². The molecule has 2 aliphatic heterocycles. The number of nitrogens with zero attached hydrogens (tertiary/aromatic N) is 2. The van der Waals surface area contributed by atoms with Crippen LogP contribution in [0.1, 0.15) is 30.4 Å². The fourth-order valence-electron chi connectivity index (χ4n) is 3.60. The van der Waals surface area contributed by atoms with E-state index in [0.717, 1.165) is 12.8 Å². The minimum atomic E-state index is -0.143. The Morgan fingerprint density at radius 1 is 1.21 bits per heavy atom. The highest BCUT2D eigenvalue weighted by atomic mass is 16.5. The minimum Gasteiger partial charge on any atom is -0.370 e. The van der Waals surface area contributed by atoms with Gasteiger partial charge in [0.2, 0.25) is 11.8 Å². The number of benzene rings is 1. The monoisotopic (exact) mass is 328 g/mol. The van der Waals surface area contributed by atoms with Crippen molar-refractivity contribution >= 4 is 11.8 Å². The minimum absolute atomic E-state index is 0.116. The first-order valence-electron chi connectivity index (χ1n) is 8.86. The molecule has 1 atom stereocenters. The van der Waals surface area contributed by atoms with Gasteiger partial charge in [0.05, 0.1) is 18.6 Å². The molecular weight excluding hydrogens is 304 g/mol. The van der Waals surface area contributed by atoms with E-state index >= 15 is 0 Å². The number of ether oxygens (including phenoxy) is 1. The van der Waals surface area contributed by atoms with Gasteiger partial charge in [0.15, 0.2) is 0 Å². The molecular formula is C19H24N2O3. The molecule has 0 unspecified atom stereocenters. The van der Waals surface area contributed by atoms with E-state index in [-0.39, 0.29) is 23.8 Å². The molecule has 3 fully saturated rings. The highest BCUT2D eigenvalue weighted by Gasteiger charge is 2.44. The highest BCUT2D eigenvalue weighted by Crippen LogP contribution is 2.33. The summed E-state index contributed by atoms with van der Waals surface area (Å²) in [5.74, 6) is 0.140. The first-order chi connectivity index (χ1) is 11.6. The second-order valence-corrected chi connectivity index (χ2v) is 7.28. The van der Waals surface area contributed by atoms with E-state index in [1.165, 1.54) is 11.1 Å². The van der Waals surface area contributed by atoms with Crippen LogP contribution in [0.5, 0.6) is 0 Å². The van der Waals surface area contributed by atoms with E-state index in [2.05, 4.69) is 19.1 Å². The molecule has 24 heavy (non-hydrogen) atoms. The highest BCUT2D eigenvalue weighted by molar-refractivity contribution is 5.90. The maximum absolute atomic E-state index is 12.5. The second-order valence-electron chi connectivity index (χ2n) is 7.28. The molecule has 5 heteroatoms. The van der Waals surface area contributed by atoms with Crippen LogP contribution in [-0.2, 0) is 20.9 Å². The third-order valence-corrected chi connectivity index (χ3v) is 5.39. The lowest BCUT2D eigenvalue weighted by Crippen LogP contribution is -2.56. The zero-order valence-electron chi connectivity index (χ0n) is 14.1. The van der Waals surface area contributed by atoms with Crippen LogP contribution in [0.25, 0.3) is 0 Å². The molecule has 128 valence electrons. The zero-order valence-corrected chi connectivity index (χ0v) is 14.1. The van der Waals surface area contributed by atoms with Crippen molar-refractivity contribution in [2.24, 2.45) is 5.92 Å². The number of carbonyl (C=O) groups is 2. The summed E-state index contributed by atoms with van der Waals surface area (Å²) in [6.07, 6.45) is 2.71. The predicted octanol–water partition coefficient (Wildman–Crippen LogP) is 1.73. The molecule has 0 bridgehead atoms. The van der Waals surface area contributed by atoms with Crippen LogP contribution in [0.15, 0.2) is 24.3 Å². The first kappa shape index (κ1) is 15.6. The van der Waals surface area contributed by atoms with Crippen molar-refractivity contribution in [2.75, 3.05) is 19.6 Å². The Labute approximate surface area is 142 Å². The molecule has 0 radical (unpaired) electrons. The molecule has 2 heterocycles. The van der Waals surface area contributed by atoms with Crippen LogP contribution < -0.4 is 0 Å². The summed E-state index contributed by atoms with van der Waals surface area (Å²) >= 11 is 0. The Kier molecular flexibility index (Phi) is 4.04. The van der Waals surface area contributed by atoms with Crippen molar-refractivity contribution in [1.29, 1.82) is 0 Å². The van der Waals surface area contributed by atoms with E-state index in [1.54, 1.807) is 0 Å². The normalized spacial score (nSPS) is 24.4. The lowest BCUT2D eigenvalue weighted by molar-refractivity contribution is -0.150. The van der Waals surface area contributed by atoms with Crippen LogP contribution in [0.3, 0.4) is 0 Å². The smallest absolute Gasteiger partial charge is 0.228 e. The van der Waals surface area contributed by atoms with Crippen LogP contribution in [0, 0.1) is 12.8 Å². The SMILES string of the molecule is Cc1ccccc1COC1CN(C(=O)[C@@H]2CC(=O)N(C3CC3)C2)C1. The molecule has 5 nitrogen and oxygen atoms in total. The second kappa shape index (κ2) is 6.20. The van der Waals surface area contributed by atoms with Crippen LogP contribution in [-0.4, -0.2) is 53.4 Å². The van der Waals surface area contributed by atoms with Gasteiger partial charge < -0.3 is 14.5 Å². The Hall–Kier alpha value is -1.88. The fourth-order valence-corrected chi connectivity index (χ4v) is 3.60. The van der Waals surface area contributed by atoms with Crippen molar-refractivity contribution in [3.05, 3.63) is 35.4 Å². The standard InChI is InChI=1S/C19H24N2O3/c1-13-4-2-3-5-14(13)12-24-17-10-20(11-17)19(23)15-8-18(22)21(9-15)16-6-7-16/h2-5,15-17H,6-12H2,1H3/t15-/m1/s1. The van der Waals surface area contributed by atoms with Crippen molar-refractivity contribution < 1.29 is 14.3 Å². The molecule has 2 saturated heterocycles. The van der Waals surface area contributed by atoms with Gasteiger partial charge in [0.1, 0.15) is 0 Å². The molecule has 1 aromatic carbocycles. The summed E-state index contributed by atoms with van der Waals surface area (Å²) in [6, 6.07) is 8.62. The van der Waals surface area contributed by atoms with Gasteiger partial charge in [0, 0.05) is 32.1 Å². The maximum Gasteiger partial charge on any atom is 0.228 e. The lowest BCUT2D eigenvalue weighted by atomic mass is 10.0. The quantitative estimate of drug-likeness (QED) is 0.827. The summed E-state index contributed by atoms with van der Waals surface area (Å²) in [7, 11) is 0. The number of carbonyl (C=O) groups excluding carboxylic acids is 2. The number of amides is 2. The van der Waals surface area contributed by atoms with E-state index < -0.39 is 0 Å². The predicted molar refractivity (Wildman–Crippen MR) is 89.2 cm³/mol. The van der Waals surface area contributed by atoms with Gasteiger partial charge in [-0.25, -0.2) is 0 Å². The molecule has 4 rings (SSSR count). The number of likely N-dealkylation sites (tertiary alicyclic amines) is 2. The van der Waals surface area contributed by atoms with E-state index in [9.17, 15) is 9.59 Å². The maximum atomic E-state index is 12.5. The molecule has 0 N–H and O–H groups in total. The average molecular weight is 328 g/mol. The zero-order chi connectivity index (χ0) is 16.7. The van der Waals surface area contributed by atoms with Crippen molar-refractivity contribution in [3.8, 4) is 0 Å². The van der Waals surface area contributed by atoms with Gasteiger partial charge >= 0.3 is 0 Å². The third-order valence-electron chi connectivity index (χ3n) is 5.39. The largest absolute Gasteiger partial charge is 0.370 e. The Morgan fingerprint density at radius 3 is 2.67 bits per heavy atom. The van der Waals surface area contributed by atoms with Gasteiger partial charge in [-0.2, -0.15) is 0 Å². The first-order valence-corrected chi connectivity index (χ1v) is 8.86. The van der Waals surface area contributed by atoms with Gasteiger partial charge in [-0.05, 0) is 30.9 Å². The van der Waals surface area contributed by atoms with Gasteiger partial charge in [-0.15, -0.1) is 0 Å². The number of aryl methyl sites for hydroxylation is 1. The molecule has 3 aliphatic rings. The summed E-state index contributed by atoms with van der Waals surface area (Å²) < 4.78 is 5.91. The van der Waals surface area contributed by atoms with Crippen molar-refractivity contribution in [3.63, 3.8) is 0 Å².